The van der Waals surface area contributed by atoms with Crippen LogP contribution in [-0.2, 0) is 18.6 Å². The van der Waals surface area contributed by atoms with E-state index in [-0.39, 0.29) is 11.4 Å². The highest BCUT2D eigenvalue weighted by Crippen LogP contribution is 2.28. The van der Waals surface area contributed by atoms with Gasteiger partial charge in [-0.3, -0.25) is 4.79 Å². The summed E-state index contributed by atoms with van der Waals surface area (Å²) in [6, 6.07) is 6.97. The van der Waals surface area contributed by atoms with E-state index in [1.54, 1.807) is 12.1 Å². The Morgan fingerprint density at radius 3 is 2.78 bits per heavy atom. The van der Waals surface area contributed by atoms with Gasteiger partial charge in [-0.05, 0) is 74.7 Å². The van der Waals surface area contributed by atoms with E-state index in [1.807, 2.05) is 23.9 Å². The molecule has 1 N–H and O–H groups in total. The van der Waals surface area contributed by atoms with E-state index < -0.39 is 0 Å². The lowest BCUT2D eigenvalue weighted by molar-refractivity contribution is 0.210. The number of aryl methyl sites for hydroxylation is 2. The van der Waals surface area contributed by atoms with Gasteiger partial charge in [0, 0.05) is 17.7 Å². The first-order valence-electron chi connectivity index (χ1n) is 9.85. The third-order valence-electron chi connectivity index (χ3n) is 5.70. The van der Waals surface area contributed by atoms with Gasteiger partial charge in [-0.1, -0.05) is 12.1 Å². The molecular weight excluding hydrogens is 361 g/mol. The molecule has 0 saturated carbocycles. The summed E-state index contributed by atoms with van der Waals surface area (Å²) in [5, 5.41) is 0. The van der Waals surface area contributed by atoms with Crippen molar-refractivity contribution in [3.63, 3.8) is 0 Å². The summed E-state index contributed by atoms with van der Waals surface area (Å²) in [5.74, 6) is 3.07. The van der Waals surface area contributed by atoms with Gasteiger partial charge in [0.15, 0.2) is 0 Å². The maximum absolute atomic E-state index is 13.1. The Hall–Kier alpha value is -1.66. The fraction of sp³-hybridized carbons (Fsp3) is 0.524. The molecule has 0 spiro atoms. The lowest BCUT2D eigenvalue weighted by Crippen LogP contribution is -2.34. The van der Waals surface area contributed by atoms with Gasteiger partial charge in [-0.25, -0.2) is 9.37 Å². The van der Waals surface area contributed by atoms with E-state index in [0.29, 0.717) is 5.92 Å². The number of rotatable bonds is 5. The van der Waals surface area contributed by atoms with Crippen LogP contribution in [0.15, 0.2) is 29.1 Å². The molecule has 1 fully saturated rings. The van der Waals surface area contributed by atoms with Gasteiger partial charge >= 0.3 is 0 Å². The Kier molecular flexibility index (Phi) is 5.93. The molecular formula is C21H26FN3OS. The van der Waals surface area contributed by atoms with Gasteiger partial charge in [0.1, 0.15) is 11.6 Å². The molecule has 2 aliphatic heterocycles. The molecule has 3 heterocycles. The molecule has 6 heteroatoms. The van der Waals surface area contributed by atoms with Crippen molar-refractivity contribution < 1.29 is 4.39 Å². The average Bonchev–Trinajstić information content (AvgIpc) is 2.69. The number of aromatic nitrogens is 2. The first-order chi connectivity index (χ1) is 13.2. The van der Waals surface area contributed by atoms with Crippen LogP contribution in [0.5, 0.6) is 0 Å². The molecule has 4 nitrogen and oxygen atoms in total. The van der Waals surface area contributed by atoms with E-state index >= 15 is 0 Å². The largest absolute Gasteiger partial charge is 0.310 e. The molecule has 0 bridgehead atoms. The van der Waals surface area contributed by atoms with Gasteiger partial charge in [0.2, 0.25) is 0 Å². The van der Waals surface area contributed by atoms with Crippen LogP contribution in [0.25, 0.3) is 0 Å². The number of fused-ring (bicyclic) bond motifs is 1. The van der Waals surface area contributed by atoms with Crippen molar-refractivity contribution in [1.82, 2.24) is 14.9 Å². The molecule has 144 valence electrons. The molecule has 27 heavy (non-hydrogen) atoms. The number of likely N-dealkylation sites (tertiary alicyclic amines) is 1. The Morgan fingerprint density at radius 1 is 1.22 bits per heavy atom. The summed E-state index contributed by atoms with van der Waals surface area (Å²) in [6.45, 7) is 3.19. The van der Waals surface area contributed by atoms with Crippen molar-refractivity contribution in [3.05, 3.63) is 63.1 Å². The van der Waals surface area contributed by atoms with Gasteiger partial charge in [-0.15, -0.1) is 0 Å². The highest BCUT2D eigenvalue weighted by molar-refractivity contribution is 7.98. The Bertz CT molecular complexity index is 828. The van der Waals surface area contributed by atoms with Gasteiger partial charge in [0.25, 0.3) is 5.56 Å². The fourth-order valence-corrected chi connectivity index (χ4v) is 5.09. The van der Waals surface area contributed by atoms with Crippen molar-refractivity contribution in [2.75, 3.05) is 25.4 Å². The predicted octanol–water partition coefficient (Wildman–Crippen LogP) is 3.51. The zero-order chi connectivity index (χ0) is 18.6. The minimum atomic E-state index is -0.163. The molecule has 0 aliphatic carbocycles. The van der Waals surface area contributed by atoms with Gasteiger partial charge in [-0.2, -0.15) is 11.8 Å². The SMILES string of the molecule is O=c1[nH]c(CCCN2CCC(c3ccc(F)cc3)CC2)nc2c1CSCC2. The summed E-state index contributed by atoms with van der Waals surface area (Å²) in [6.07, 6.45) is 4.99. The Morgan fingerprint density at radius 2 is 2.00 bits per heavy atom. The van der Waals surface area contributed by atoms with Crippen LogP contribution >= 0.6 is 11.8 Å². The number of aromatic amines is 1. The molecule has 2 aromatic rings. The van der Waals surface area contributed by atoms with Crippen molar-refractivity contribution in [3.8, 4) is 0 Å². The van der Waals surface area contributed by atoms with E-state index in [4.69, 9.17) is 4.98 Å². The van der Waals surface area contributed by atoms with Crippen LogP contribution in [0.2, 0.25) is 0 Å². The molecule has 1 aromatic carbocycles. The zero-order valence-corrected chi connectivity index (χ0v) is 16.4. The number of piperidine rings is 1. The summed E-state index contributed by atoms with van der Waals surface area (Å²) >= 11 is 1.81. The van der Waals surface area contributed by atoms with Crippen LogP contribution in [0.3, 0.4) is 0 Å². The molecule has 1 aromatic heterocycles. The van der Waals surface area contributed by atoms with Crippen LogP contribution in [0.4, 0.5) is 4.39 Å². The number of thioether (sulfide) groups is 1. The second-order valence-corrected chi connectivity index (χ2v) is 8.62. The summed E-state index contributed by atoms with van der Waals surface area (Å²) < 4.78 is 13.1. The number of nitrogens with zero attached hydrogens (tertiary/aromatic N) is 2. The Balaban J connectivity index is 1.25. The molecule has 4 rings (SSSR count). The zero-order valence-electron chi connectivity index (χ0n) is 15.5. The minimum Gasteiger partial charge on any atom is -0.310 e. The lowest BCUT2D eigenvalue weighted by Gasteiger charge is -2.32. The van der Waals surface area contributed by atoms with Crippen molar-refractivity contribution in [2.45, 2.75) is 43.8 Å². The summed E-state index contributed by atoms with van der Waals surface area (Å²) in [5.41, 5.74) is 3.19. The topological polar surface area (TPSA) is 49.0 Å². The molecule has 0 radical (unpaired) electrons. The second-order valence-electron chi connectivity index (χ2n) is 7.51. The standard InChI is InChI=1S/C21H26FN3OS/c22-17-5-3-15(4-6-17)16-7-11-25(12-8-16)10-1-2-20-23-19-9-13-27-14-18(19)21(26)24-20/h3-6,16H,1-2,7-14H2,(H,23,24,26). The number of hydrogen-bond donors (Lipinski definition) is 1. The lowest BCUT2D eigenvalue weighted by atomic mass is 9.89. The number of halogens is 1. The fourth-order valence-electron chi connectivity index (χ4n) is 4.11. The Labute approximate surface area is 163 Å². The van der Waals surface area contributed by atoms with Crippen molar-refractivity contribution >= 4 is 11.8 Å². The monoisotopic (exact) mass is 387 g/mol. The first-order valence-corrected chi connectivity index (χ1v) is 11.0. The number of nitrogens with one attached hydrogen (secondary N) is 1. The number of H-pyrrole nitrogens is 1. The predicted molar refractivity (Wildman–Crippen MR) is 108 cm³/mol. The third kappa shape index (κ3) is 4.61. The van der Waals surface area contributed by atoms with Crippen LogP contribution < -0.4 is 5.56 Å². The highest BCUT2D eigenvalue weighted by atomic mass is 32.2. The second kappa shape index (κ2) is 8.57. The molecule has 1 saturated heterocycles. The molecule has 0 amide bonds. The molecule has 2 aliphatic rings. The molecule has 0 unspecified atom stereocenters. The number of benzene rings is 1. The molecule has 0 atom stereocenters. The van der Waals surface area contributed by atoms with Crippen molar-refractivity contribution in [1.29, 1.82) is 0 Å². The van der Waals surface area contributed by atoms with E-state index in [9.17, 15) is 9.18 Å². The summed E-state index contributed by atoms with van der Waals surface area (Å²) in [7, 11) is 0. The number of hydrogen-bond acceptors (Lipinski definition) is 4. The van der Waals surface area contributed by atoms with E-state index in [2.05, 4.69) is 9.88 Å². The highest BCUT2D eigenvalue weighted by Gasteiger charge is 2.20. The quantitative estimate of drug-likeness (QED) is 0.853. The van der Waals surface area contributed by atoms with Gasteiger partial charge < -0.3 is 9.88 Å². The van der Waals surface area contributed by atoms with Crippen LogP contribution in [0, 0.1) is 5.82 Å². The van der Waals surface area contributed by atoms with Crippen LogP contribution in [0.1, 0.15) is 47.8 Å². The van der Waals surface area contributed by atoms with Gasteiger partial charge in [0.05, 0.1) is 5.69 Å². The average molecular weight is 388 g/mol. The van der Waals surface area contributed by atoms with E-state index in [0.717, 1.165) is 80.3 Å². The maximum atomic E-state index is 13.1. The minimum absolute atomic E-state index is 0.0577. The normalized spacial score (nSPS) is 18.4. The van der Waals surface area contributed by atoms with Crippen molar-refractivity contribution in [2.24, 2.45) is 0 Å². The third-order valence-corrected chi connectivity index (χ3v) is 6.68. The summed E-state index contributed by atoms with van der Waals surface area (Å²) in [4.78, 5) is 22.4. The van der Waals surface area contributed by atoms with E-state index in [1.165, 1.54) is 5.56 Å². The maximum Gasteiger partial charge on any atom is 0.255 e. The van der Waals surface area contributed by atoms with Crippen LogP contribution in [-0.4, -0.2) is 40.3 Å². The first kappa shape index (κ1) is 18.7. The smallest absolute Gasteiger partial charge is 0.255 e.